The lowest BCUT2D eigenvalue weighted by Crippen LogP contribution is -2.51. The van der Waals surface area contributed by atoms with E-state index in [1.54, 1.807) is 0 Å². The third-order valence-electron chi connectivity index (χ3n) is 5.54. The van der Waals surface area contributed by atoms with Gasteiger partial charge in [-0.1, -0.05) is 6.42 Å². The first-order valence-electron chi connectivity index (χ1n) is 8.43. The third kappa shape index (κ3) is 2.86. The smallest absolute Gasteiger partial charge is 0.229 e. The Labute approximate surface area is 122 Å². The van der Waals surface area contributed by atoms with Crippen molar-refractivity contribution in [2.24, 2.45) is 5.41 Å². The van der Waals surface area contributed by atoms with Gasteiger partial charge in [-0.15, -0.1) is 0 Å². The van der Waals surface area contributed by atoms with Crippen LogP contribution in [0.15, 0.2) is 0 Å². The highest BCUT2D eigenvalue weighted by Crippen LogP contribution is 2.29. The second kappa shape index (κ2) is 6.02. The molecular formula is C16H29N3O. The molecule has 0 aliphatic carbocycles. The van der Waals surface area contributed by atoms with Gasteiger partial charge in [0.05, 0.1) is 5.41 Å². The van der Waals surface area contributed by atoms with Crippen molar-refractivity contribution in [3.8, 4) is 0 Å². The van der Waals surface area contributed by atoms with E-state index < -0.39 is 0 Å². The van der Waals surface area contributed by atoms with Crippen molar-refractivity contribution >= 4 is 5.91 Å². The molecule has 1 amide bonds. The predicted molar refractivity (Wildman–Crippen MR) is 80.6 cm³/mol. The third-order valence-corrected chi connectivity index (χ3v) is 5.54. The van der Waals surface area contributed by atoms with Gasteiger partial charge >= 0.3 is 0 Å². The van der Waals surface area contributed by atoms with Crippen molar-refractivity contribution in [2.45, 2.75) is 51.5 Å². The Hall–Kier alpha value is -0.610. The molecule has 3 aliphatic heterocycles. The summed E-state index contributed by atoms with van der Waals surface area (Å²) in [6, 6.07) is 0.730. The van der Waals surface area contributed by atoms with Gasteiger partial charge in [-0.25, -0.2) is 0 Å². The molecule has 0 aromatic rings. The molecule has 1 atom stereocenters. The summed E-state index contributed by atoms with van der Waals surface area (Å²) in [5.41, 5.74) is -0.141. The minimum atomic E-state index is -0.141. The second-order valence-corrected chi connectivity index (χ2v) is 7.11. The van der Waals surface area contributed by atoms with Crippen LogP contribution in [0.4, 0.5) is 0 Å². The van der Waals surface area contributed by atoms with E-state index in [1.165, 1.54) is 45.2 Å². The lowest BCUT2D eigenvalue weighted by atomic mass is 9.87. The van der Waals surface area contributed by atoms with Crippen LogP contribution in [-0.4, -0.2) is 61.0 Å². The minimum absolute atomic E-state index is 0.141. The number of hydrogen-bond acceptors (Lipinski definition) is 3. The molecule has 0 bridgehead atoms. The number of rotatable bonds is 2. The quantitative estimate of drug-likeness (QED) is 0.831. The summed E-state index contributed by atoms with van der Waals surface area (Å²) in [5, 5.41) is 3.34. The summed E-state index contributed by atoms with van der Waals surface area (Å²) in [6.45, 7) is 8.47. The summed E-state index contributed by atoms with van der Waals surface area (Å²) >= 11 is 0. The molecular weight excluding hydrogens is 250 g/mol. The Morgan fingerprint density at radius 3 is 2.40 bits per heavy atom. The fraction of sp³-hybridized carbons (Fsp3) is 0.938. The van der Waals surface area contributed by atoms with Crippen molar-refractivity contribution in [1.29, 1.82) is 0 Å². The molecule has 4 heteroatoms. The maximum Gasteiger partial charge on any atom is 0.229 e. The first-order valence-corrected chi connectivity index (χ1v) is 8.43. The van der Waals surface area contributed by atoms with E-state index >= 15 is 0 Å². The first-order chi connectivity index (χ1) is 9.69. The number of nitrogens with one attached hydrogen (secondary N) is 1. The van der Waals surface area contributed by atoms with Gasteiger partial charge in [-0.2, -0.15) is 0 Å². The monoisotopic (exact) mass is 279 g/mol. The highest BCUT2D eigenvalue weighted by atomic mass is 16.2. The van der Waals surface area contributed by atoms with E-state index in [9.17, 15) is 4.79 Å². The van der Waals surface area contributed by atoms with Gasteiger partial charge in [-0.05, 0) is 58.7 Å². The molecule has 3 rings (SSSR count). The Morgan fingerprint density at radius 1 is 1.10 bits per heavy atom. The Morgan fingerprint density at radius 2 is 1.80 bits per heavy atom. The molecule has 20 heavy (non-hydrogen) atoms. The number of likely N-dealkylation sites (tertiary alicyclic amines) is 2. The second-order valence-electron chi connectivity index (χ2n) is 7.11. The van der Waals surface area contributed by atoms with E-state index in [1.807, 2.05) is 0 Å². The van der Waals surface area contributed by atoms with Gasteiger partial charge in [0.2, 0.25) is 5.91 Å². The van der Waals surface area contributed by atoms with E-state index in [0.717, 1.165) is 38.6 Å². The lowest BCUT2D eigenvalue weighted by molar-refractivity contribution is -0.141. The van der Waals surface area contributed by atoms with Crippen LogP contribution >= 0.6 is 0 Å². The molecule has 0 aromatic carbocycles. The molecule has 114 valence electrons. The minimum Gasteiger partial charge on any atom is -0.342 e. The van der Waals surface area contributed by atoms with Crippen LogP contribution in [0.5, 0.6) is 0 Å². The molecule has 0 saturated carbocycles. The predicted octanol–water partition coefficient (Wildman–Crippen LogP) is 1.46. The van der Waals surface area contributed by atoms with Crippen molar-refractivity contribution in [2.75, 3.05) is 39.3 Å². The zero-order valence-corrected chi connectivity index (χ0v) is 12.9. The van der Waals surface area contributed by atoms with Gasteiger partial charge < -0.3 is 15.1 Å². The number of amides is 1. The van der Waals surface area contributed by atoms with Crippen LogP contribution in [0.25, 0.3) is 0 Å². The molecule has 3 saturated heterocycles. The molecule has 3 aliphatic rings. The van der Waals surface area contributed by atoms with Crippen LogP contribution in [0.1, 0.15) is 45.4 Å². The number of nitrogens with zero attached hydrogens (tertiary/aromatic N) is 2. The zero-order valence-electron chi connectivity index (χ0n) is 12.9. The van der Waals surface area contributed by atoms with Gasteiger partial charge in [-0.3, -0.25) is 4.79 Å². The van der Waals surface area contributed by atoms with Crippen molar-refractivity contribution in [3.63, 3.8) is 0 Å². The molecule has 3 fully saturated rings. The average Bonchev–Trinajstić information content (AvgIpc) is 2.96. The highest BCUT2D eigenvalue weighted by molar-refractivity contribution is 5.83. The largest absolute Gasteiger partial charge is 0.342 e. The SMILES string of the molecule is CC1(C(=O)N2CCC(N3CCCCC3)CC2)CCNC1. The van der Waals surface area contributed by atoms with Crippen LogP contribution in [-0.2, 0) is 4.79 Å². The summed E-state index contributed by atoms with van der Waals surface area (Å²) < 4.78 is 0. The normalized spacial score (nSPS) is 33.5. The van der Waals surface area contributed by atoms with E-state index in [4.69, 9.17) is 0 Å². The number of piperidine rings is 2. The molecule has 0 aromatic heterocycles. The number of carbonyl (C=O) groups excluding carboxylic acids is 1. The van der Waals surface area contributed by atoms with Crippen LogP contribution in [0, 0.1) is 5.41 Å². The summed E-state index contributed by atoms with van der Waals surface area (Å²) in [4.78, 5) is 17.5. The summed E-state index contributed by atoms with van der Waals surface area (Å²) in [5.74, 6) is 0.389. The van der Waals surface area contributed by atoms with Crippen molar-refractivity contribution in [3.05, 3.63) is 0 Å². The fourth-order valence-electron chi connectivity index (χ4n) is 4.10. The summed E-state index contributed by atoms with van der Waals surface area (Å²) in [7, 11) is 0. The van der Waals surface area contributed by atoms with E-state index in [2.05, 4.69) is 22.0 Å². The van der Waals surface area contributed by atoms with Gasteiger partial charge in [0.1, 0.15) is 0 Å². The lowest BCUT2D eigenvalue weighted by Gasteiger charge is -2.42. The highest BCUT2D eigenvalue weighted by Gasteiger charge is 2.40. The van der Waals surface area contributed by atoms with Gasteiger partial charge in [0, 0.05) is 25.7 Å². The van der Waals surface area contributed by atoms with Gasteiger partial charge in [0.25, 0.3) is 0 Å². The first kappa shape index (κ1) is 14.3. The molecule has 3 heterocycles. The fourth-order valence-corrected chi connectivity index (χ4v) is 4.10. The topological polar surface area (TPSA) is 35.6 Å². The van der Waals surface area contributed by atoms with Crippen molar-refractivity contribution in [1.82, 2.24) is 15.1 Å². The van der Waals surface area contributed by atoms with Crippen molar-refractivity contribution < 1.29 is 4.79 Å². The molecule has 0 spiro atoms. The maximum absolute atomic E-state index is 12.7. The number of carbonyl (C=O) groups is 1. The van der Waals surface area contributed by atoms with Crippen LogP contribution < -0.4 is 5.32 Å². The van der Waals surface area contributed by atoms with E-state index in [0.29, 0.717) is 5.91 Å². The average molecular weight is 279 g/mol. The van der Waals surface area contributed by atoms with Gasteiger partial charge in [0.15, 0.2) is 0 Å². The zero-order chi connectivity index (χ0) is 14.0. The molecule has 0 radical (unpaired) electrons. The standard InChI is InChI=1S/C16H29N3O/c1-16(7-8-17-13-16)15(20)19-11-5-14(6-12-19)18-9-3-2-4-10-18/h14,17H,2-13H2,1H3. The Balaban J connectivity index is 1.51. The Bertz CT molecular complexity index is 338. The van der Waals surface area contributed by atoms with Crippen LogP contribution in [0.2, 0.25) is 0 Å². The molecule has 4 nitrogen and oxygen atoms in total. The maximum atomic E-state index is 12.7. The Kier molecular flexibility index (Phi) is 4.32. The number of hydrogen-bond donors (Lipinski definition) is 1. The molecule has 1 N–H and O–H groups in total. The van der Waals surface area contributed by atoms with Crippen LogP contribution in [0.3, 0.4) is 0 Å². The van der Waals surface area contributed by atoms with E-state index in [-0.39, 0.29) is 5.41 Å². The summed E-state index contributed by atoms with van der Waals surface area (Å²) in [6.07, 6.45) is 7.48. The molecule has 1 unspecified atom stereocenters.